The maximum atomic E-state index is 9.91. The van der Waals surface area contributed by atoms with Crippen molar-refractivity contribution in [3.63, 3.8) is 0 Å². The Morgan fingerprint density at radius 1 is 1.21 bits per heavy atom. The molecule has 0 spiro atoms. The van der Waals surface area contributed by atoms with Gasteiger partial charge >= 0.3 is 0 Å². The zero-order chi connectivity index (χ0) is 9.60. The van der Waals surface area contributed by atoms with Crippen LogP contribution < -0.4 is 0 Å². The van der Waals surface area contributed by atoms with Crippen molar-refractivity contribution in [1.29, 1.82) is 0 Å². The second kappa shape index (κ2) is 2.83. The standard InChI is InChI=1S/C13H16O/c14-13(7-8-13)9-11-5-1-3-10-4-2-6-12(10)11/h1,3,5,14H,2,4,6-9H2. The molecule has 1 aromatic rings. The van der Waals surface area contributed by atoms with Crippen molar-refractivity contribution in [2.75, 3.05) is 0 Å². The van der Waals surface area contributed by atoms with E-state index in [0.717, 1.165) is 19.3 Å². The van der Waals surface area contributed by atoms with Crippen LogP contribution in [0.3, 0.4) is 0 Å². The predicted octanol–water partition coefficient (Wildman–Crippen LogP) is 2.24. The van der Waals surface area contributed by atoms with E-state index in [1.807, 2.05) is 0 Å². The number of aryl methyl sites for hydroxylation is 1. The van der Waals surface area contributed by atoms with Crippen LogP contribution in [-0.4, -0.2) is 10.7 Å². The zero-order valence-electron chi connectivity index (χ0n) is 8.42. The maximum absolute atomic E-state index is 9.91. The van der Waals surface area contributed by atoms with E-state index in [4.69, 9.17) is 0 Å². The van der Waals surface area contributed by atoms with Crippen LogP contribution in [0.15, 0.2) is 18.2 Å². The van der Waals surface area contributed by atoms with Crippen LogP contribution >= 0.6 is 0 Å². The summed E-state index contributed by atoms with van der Waals surface area (Å²) in [5, 5.41) is 9.91. The molecule has 0 saturated heterocycles. The average Bonchev–Trinajstić information content (AvgIpc) is 2.73. The minimum Gasteiger partial charge on any atom is -0.390 e. The molecule has 1 N–H and O–H groups in total. The molecule has 2 aliphatic rings. The van der Waals surface area contributed by atoms with E-state index >= 15 is 0 Å². The summed E-state index contributed by atoms with van der Waals surface area (Å²) >= 11 is 0. The van der Waals surface area contributed by atoms with Crippen LogP contribution in [-0.2, 0) is 19.3 Å². The number of fused-ring (bicyclic) bond motifs is 1. The molecule has 0 aromatic heterocycles. The monoisotopic (exact) mass is 188 g/mol. The highest BCUT2D eigenvalue weighted by atomic mass is 16.3. The summed E-state index contributed by atoms with van der Waals surface area (Å²) in [5.74, 6) is 0. The summed E-state index contributed by atoms with van der Waals surface area (Å²) in [6.07, 6.45) is 6.64. The predicted molar refractivity (Wildman–Crippen MR) is 56.4 cm³/mol. The van der Waals surface area contributed by atoms with Gasteiger partial charge in [-0.25, -0.2) is 0 Å². The van der Waals surface area contributed by atoms with E-state index < -0.39 is 0 Å². The SMILES string of the molecule is OC1(Cc2cccc3c2CCC3)CC1. The normalized spacial score (nSPS) is 22.1. The van der Waals surface area contributed by atoms with E-state index in [-0.39, 0.29) is 5.60 Å². The molecule has 1 saturated carbocycles. The minimum absolute atomic E-state index is 0.336. The molecule has 0 aliphatic heterocycles. The van der Waals surface area contributed by atoms with Gasteiger partial charge in [-0.3, -0.25) is 0 Å². The van der Waals surface area contributed by atoms with Gasteiger partial charge in [-0.1, -0.05) is 18.2 Å². The summed E-state index contributed by atoms with van der Waals surface area (Å²) in [5.41, 5.74) is 4.12. The Hall–Kier alpha value is -0.820. The molecule has 1 fully saturated rings. The van der Waals surface area contributed by atoms with Crippen LogP contribution in [0.4, 0.5) is 0 Å². The number of aliphatic hydroxyl groups is 1. The molecule has 0 bridgehead atoms. The van der Waals surface area contributed by atoms with Crippen LogP contribution in [0.5, 0.6) is 0 Å². The third kappa shape index (κ3) is 1.36. The maximum Gasteiger partial charge on any atom is 0.0690 e. The fourth-order valence-electron chi connectivity index (χ4n) is 2.54. The molecule has 0 radical (unpaired) electrons. The average molecular weight is 188 g/mol. The van der Waals surface area contributed by atoms with Crippen molar-refractivity contribution in [2.24, 2.45) is 0 Å². The van der Waals surface area contributed by atoms with E-state index in [1.165, 1.54) is 36.0 Å². The molecule has 2 aliphatic carbocycles. The summed E-state index contributed by atoms with van der Waals surface area (Å²) < 4.78 is 0. The minimum atomic E-state index is -0.336. The highest BCUT2D eigenvalue weighted by molar-refractivity contribution is 5.39. The molecule has 0 heterocycles. The molecule has 1 aromatic carbocycles. The Bertz CT molecular complexity index is 363. The second-order valence-corrected chi connectivity index (χ2v) is 4.81. The molecule has 14 heavy (non-hydrogen) atoms. The van der Waals surface area contributed by atoms with Gasteiger partial charge in [-0.05, 0) is 48.8 Å². The van der Waals surface area contributed by atoms with Gasteiger partial charge < -0.3 is 5.11 Å². The molecule has 0 amide bonds. The number of benzene rings is 1. The first-order valence-corrected chi connectivity index (χ1v) is 5.59. The second-order valence-electron chi connectivity index (χ2n) is 4.81. The quantitative estimate of drug-likeness (QED) is 0.754. The van der Waals surface area contributed by atoms with Crippen molar-refractivity contribution in [2.45, 2.75) is 44.1 Å². The van der Waals surface area contributed by atoms with E-state index in [2.05, 4.69) is 18.2 Å². The lowest BCUT2D eigenvalue weighted by Gasteiger charge is -2.11. The van der Waals surface area contributed by atoms with Gasteiger partial charge in [0.2, 0.25) is 0 Å². The smallest absolute Gasteiger partial charge is 0.0690 e. The highest BCUT2D eigenvalue weighted by Crippen LogP contribution is 2.40. The van der Waals surface area contributed by atoms with Crippen LogP contribution in [0.1, 0.15) is 36.0 Å². The molecule has 1 nitrogen and oxygen atoms in total. The fraction of sp³-hybridized carbons (Fsp3) is 0.538. The summed E-state index contributed by atoms with van der Waals surface area (Å²) in [4.78, 5) is 0. The Labute approximate surface area is 84.8 Å². The summed E-state index contributed by atoms with van der Waals surface area (Å²) in [6, 6.07) is 6.58. The molecule has 3 rings (SSSR count). The van der Waals surface area contributed by atoms with Gasteiger partial charge in [0.1, 0.15) is 0 Å². The Morgan fingerprint density at radius 2 is 2.07 bits per heavy atom. The van der Waals surface area contributed by atoms with Crippen molar-refractivity contribution in [1.82, 2.24) is 0 Å². The van der Waals surface area contributed by atoms with Gasteiger partial charge in [-0.2, -0.15) is 0 Å². The first-order chi connectivity index (χ1) is 6.77. The number of rotatable bonds is 2. The lowest BCUT2D eigenvalue weighted by molar-refractivity contribution is 0.150. The fourth-order valence-corrected chi connectivity index (χ4v) is 2.54. The van der Waals surface area contributed by atoms with Gasteiger partial charge in [0.05, 0.1) is 5.60 Å². The Balaban J connectivity index is 1.94. The van der Waals surface area contributed by atoms with Gasteiger partial charge in [0, 0.05) is 6.42 Å². The Kier molecular flexibility index (Phi) is 1.72. The lowest BCUT2D eigenvalue weighted by atomic mass is 9.98. The van der Waals surface area contributed by atoms with Crippen LogP contribution in [0.25, 0.3) is 0 Å². The van der Waals surface area contributed by atoms with Gasteiger partial charge in [0.15, 0.2) is 0 Å². The summed E-state index contributed by atoms with van der Waals surface area (Å²) in [6.45, 7) is 0. The lowest BCUT2D eigenvalue weighted by Crippen LogP contribution is -2.12. The number of hydrogen-bond donors (Lipinski definition) is 1. The molecule has 0 unspecified atom stereocenters. The summed E-state index contributed by atoms with van der Waals surface area (Å²) in [7, 11) is 0. The first kappa shape index (κ1) is 8.49. The van der Waals surface area contributed by atoms with E-state index in [1.54, 1.807) is 0 Å². The van der Waals surface area contributed by atoms with E-state index in [0.29, 0.717) is 0 Å². The van der Waals surface area contributed by atoms with Crippen LogP contribution in [0.2, 0.25) is 0 Å². The molecular weight excluding hydrogens is 172 g/mol. The Morgan fingerprint density at radius 3 is 2.86 bits per heavy atom. The van der Waals surface area contributed by atoms with Crippen molar-refractivity contribution >= 4 is 0 Å². The van der Waals surface area contributed by atoms with Crippen LogP contribution in [0, 0.1) is 0 Å². The molecule has 74 valence electrons. The zero-order valence-corrected chi connectivity index (χ0v) is 8.42. The first-order valence-electron chi connectivity index (χ1n) is 5.59. The van der Waals surface area contributed by atoms with E-state index in [9.17, 15) is 5.11 Å². The highest BCUT2D eigenvalue weighted by Gasteiger charge is 2.40. The third-order valence-corrected chi connectivity index (χ3v) is 3.59. The molecule has 0 atom stereocenters. The van der Waals surface area contributed by atoms with Crippen molar-refractivity contribution < 1.29 is 5.11 Å². The van der Waals surface area contributed by atoms with Gasteiger partial charge in [0.25, 0.3) is 0 Å². The third-order valence-electron chi connectivity index (χ3n) is 3.59. The van der Waals surface area contributed by atoms with Gasteiger partial charge in [-0.15, -0.1) is 0 Å². The molecular formula is C13H16O. The number of hydrogen-bond acceptors (Lipinski definition) is 1. The largest absolute Gasteiger partial charge is 0.390 e. The van der Waals surface area contributed by atoms with Crippen molar-refractivity contribution in [3.8, 4) is 0 Å². The van der Waals surface area contributed by atoms with Crippen molar-refractivity contribution in [3.05, 3.63) is 34.9 Å². The molecule has 1 heteroatoms. The topological polar surface area (TPSA) is 20.2 Å².